The number of rotatable bonds is 7. The quantitative estimate of drug-likeness (QED) is 0.197. The molecule has 1 aromatic heterocycles. The van der Waals surface area contributed by atoms with Gasteiger partial charge in [-0.2, -0.15) is 19.4 Å². The summed E-state index contributed by atoms with van der Waals surface area (Å²) in [5, 5.41) is 2.30. The van der Waals surface area contributed by atoms with Crippen LogP contribution in [0.4, 0.5) is 8.78 Å². The van der Waals surface area contributed by atoms with E-state index >= 15 is 0 Å². The first-order valence-corrected chi connectivity index (χ1v) is 19.2. The van der Waals surface area contributed by atoms with Gasteiger partial charge in [0, 0.05) is 29.9 Å². The summed E-state index contributed by atoms with van der Waals surface area (Å²) in [5.74, 6) is -1.37. The lowest BCUT2D eigenvalue weighted by atomic mass is 9.85. The summed E-state index contributed by atoms with van der Waals surface area (Å²) < 4.78 is 62.0. The Morgan fingerprint density at radius 3 is 2.36 bits per heavy atom. The van der Waals surface area contributed by atoms with Crippen LogP contribution in [0.25, 0.3) is 10.1 Å². The maximum absolute atomic E-state index is 14.3. The van der Waals surface area contributed by atoms with E-state index in [1.807, 2.05) is 6.07 Å². The van der Waals surface area contributed by atoms with E-state index in [-0.39, 0.29) is 35.0 Å². The van der Waals surface area contributed by atoms with Crippen LogP contribution >= 0.6 is 29.5 Å². The van der Waals surface area contributed by atoms with Crippen molar-refractivity contribution in [2.75, 3.05) is 25.4 Å². The lowest BCUT2D eigenvalue weighted by molar-refractivity contribution is -0.146. The summed E-state index contributed by atoms with van der Waals surface area (Å²) in [5.41, 5.74) is -5.37. The summed E-state index contributed by atoms with van der Waals surface area (Å²) in [6.45, 7) is 5.83. The minimum Gasteiger partial charge on any atom is -0.339 e. The predicted molar refractivity (Wildman–Crippen MR) is 177 cm³/mol. The molecule has 0 bridgehead atoms. The lowest BCUT2D eigenvalue weighted by Gasteiger charge is -2.48. The summed E-state index contributed by atoms with van der Waals surface area (Å²) in [6.07, 6.45) is 0.978. The van der Waals surface area contributed by atoms with Crippen LogP contribution in [0.3, 0.4) is 0 Å². The van der Waals surface area contributed by atoms with Gasteiger partial charge in [-0.05, 0) is 47.4 Å². The lowest BCUT2D eigenvalue weighted by Crippen LogP contribution is -2.58. The molecule has 3 aromatic rings. The molecule has 16 heteroatoms. The molecule has 5 N–H and O–H groups in total. The molecule has 2 fully saturated rings. The molecule has 47 heavy (non-hydrogen) atoms. The summed E-state index contributed by atoms with van der Waals surface area (Å²) in [6, 6.07) is 11.6. The van der Waals surface area contributed by atoms with Crippen molar-refractivity contribution in [3.05, 3.63) is 70.6 Å². The number of benzene rings is 2. The highest BCUT2D eigenvalue weighted by molar-refractivity contribution is 8.24. The van der Waals surface area contributed by atoms with Crippen LogP contribution in [0.5, 0.6) is 0 Å². The third kappa shape index (κ3) is 7.12. The van der Waals surface area contributed by atoms with E-state index < -0.39 is 64.0 Å². The zero-order chi connectivity index (χ0) is 34.5. The minimum absolute atomic E-state index is 0.0211. The molecule has 11 nitrogen and oxygen atoms in total. The number of nitrogens with zero attached hydrogens (tertiary/aromatic N) is 2. The normalized spacial score (nSPS) is 21.8. The Labute approximate surface area is 276 Å². The largest absolute Gasteiger partial charge is 0.399 e. The van der Waals surface area contributed by atoms with Crippen LogP contribution in [0.2, 0.25) is 0 Å². The van der Waals surface area contributed by atoms with E-state index in [0.29, 0.717) is 29.6 Å². The Bertz CT molecular complexity index is 1730. The van der Waals surface area contributed by atoms with Gasteiger partial charge in [0.1, 0.15) is 12.1 Å². The first-order chi connectivity index (χ1) is 21.8. The highest BCUT2D eigenvalue weighted by Gasteiger charge is 2.50. The molecule has 2 aliphatic rings. The van der Waals surface area contributed by atoms with Crippen LogP contribution in [-0.2, 0) is 19.8 Å². The second-order valence-electron chi connectivity index (χ2n) is 13.0. The molecule has 0 spiro atoms. The number of hydrogen-bond donors (Lipinski definition) is 5. The molecular formula is C31H38F2N3O8PS2. The smallest absolute Gasteiger partial charge is 0.339 e. The average Bonchev–Trinajstić information content (AvgIpc) is 3.66. The fourth-order valence-electron chi connectivity index (χ4n) is 6.01. The van der Waals surface area contributed by atoms with Crippen LogP contribution in [-0.4, -0.2) is 83.9 Å². The fraction of sp³-hybridized carbons (Fsp3) is 0.452. The van der Waals surface area contributed by atoms with Gasteiger partial charge in [-0.1, -0.05) is 57.2 Å². The fourth-order valence-corrected chi connectivity index (χ4v) is 9.22. The van der Waals surface area contributed by atoms with Crippen LogP contribution in [0.1, 0.15) is 59.7 Å². The van der Waals surface area contributed by atoms with E-state index in [0.717, 1.165) is 23.5 Å². The van der Waals surface area contributed by atoms with Crippen molar-refractivity contribution >= 4 is 57.3 Å². The van der Waals surface area contributed by atoms with Crippen molar-refractivity contribution in [2.45, 2.75) is 56.6 Å². The van der Waals surface area contributed by atoms with E-state index in [4.69, 9.17) is 9.79 Å². The number of hydrogen-bond acceptors (Lipinski definition) is 7. The summed E-state index contributed by atoms with van der Waals surface area (Å²) in [7, 11) is -8.77. The number of fused-ring (bicyclic) bond motifs is 1. The first-order valence-electron chi connectivity index (χ1n) is 15.0. The molecule has 3 unspecified atom stereocenters. The van der Waals surface area contributed by atoms with Gasteiger partial charge in [-0.15, -0.1) is 11.3 Å². The first kappa shape index (κ1) is 35.4. The standard InChI is InChI=1S/C31H38F2N3O8PS2/c1-30(2,3)26(34-27(37)24-17-20-16-21(11-12-23(20)46-24)31(32,33)45(40,41)42)29(39)36-13-7-10-22(36)28(38)35-14-15-47(43,44)25(18-35)19-8-5-4-6-9-19/h4-6,8-9,11-12,16-17,22,25-26,43-44H,7,10,13-15,18H2,1-3H3,(H,34,37)(H2,40,41,42). The number of halogens is 2. The van der Waals surface area contributed by atoms with Crippen LogP contribution < -0.4 is 5.32 Å². The topological polar surface area (TPSA) is 168 Å². The van der Waals surface area contributed by atoms with E-state index in [1.54, 1.807) is 49.9 Å². The van der Waals surface area contributed by atoms with E-state index in [9.17, 15) is 36.8 Å². The van der Waals surface area contributed by atoms with Crippen molar-refractivity contribution in [2.24, 2.45) is 5.41 Å². The summed E-state index contributed by atoms with van der Waals surface area (Å²) >= 11 is 0.976. The highest BCUT2D eigenvalue weighted by Crippen LogP contribution is 2.59. The van der Waals surface area contributed by atoms with Gasteiger partial charge < -0.3 is 24.9 Å². The molecule has 256 valence electrons. The Morgan fingerprint density at radius 2 is 1.72 bits per heavy atom. The summed E-state index contributed by atoms with van der Waals surface area (Å²) in [4.78, 5) is 62.8. The molecule has 2 aromatic carbocycles. The average molecular weight is 714 g/mol. The monoisotopic (exact) mass is 713 g/mol. The van der Waals surface area contributed by atoms with Crippen molar-refractivity contribution in [3.63, 3.8) is 0 Å². The van der Waals surface area contributed by atoms with Gasteiger partial charge in [0.25, 0.3) is 5.91 Å². The third-order valence-corrected chi connectivity index (χ3v) is 12.9. The van der Waals surface area contributed by atoms with Gasteiger partial charge in [-0.25, -0.2) is 0 Å². The van der Waals surface area contributed by atoms with Gasteiger partial charge >= 0.3 is 13.3 Å². The number of amides is 3. The van der Waals surface area contributed by atoms with E-state index in [1.165, 1.54) is 17.0 Å². The van der Waals surface area contributed by atoms with E-state index in [2.05, 4.69) is 5.32 Å². The Kier molecular flexibility index (Phi) is 9.67. The number of likely N-dealkylation sites (tertiary alicyclic amines) is 1. The SMILES string of the molecule is CC(C)(C)C(NC(=O)c1cc2cc(C(F)(F)P(=O)(O)O)ccc2s1)C(=O)N1CCCC1C(=O)N1CCS(O)(O)C(c2ccccc2)C1. The maximum atomic E-state index is 14.3. The number of thiophene rings is 1. The number of carbonyl (C=O) groups excluding carboxylic acids is 3. The maximum Gasteiger partial charge on any atom is 0.399 e. The molecule has 3 atom stereocenters. The van der Waals surface area contributed by atoms with Crippen molar-refractivity contribution in [1.29, 1.82) is 0 Å². The Morgan fingerprint density at radius 1 is 1.04 bits per heavy atom. The Hall–Kier alpha value is -2.91. The highest BCUT2D eigenvalue weighted by atomic mass is 32.3. The third-order valence-electron chi connectivity index (χ3n) is 8.65. The number of carbonyl (C=O) groups is 3. The molecule has 2 aliphatic heterocycles. The van der Waals surface area contributed by atoms with Gasteiger partial charge in [-0.3, -0.25) is 28.1 Å². The molecule has 0 aliphatic carbocycles. The molecule has 0 radical (unpaired) electrons. The second-order valence-corrected chi connectivity index (χ2v) is 18.2. The second kappa shape index (κ2) is 12.8. The van der Waals surface area contributed by atoms with Crippen molar-refractivity contribution < 1.29 is 46.6 Å². The molecular weight excluding hydrogens is 675 g/mol. The molecule has 0 saturated carbocycles. The van der Waals surface area contributed by atoms with Crippen molar-refractivity contribution in [3.8, 4) is 0 Å². The molecule has 3 amide bonds. The zero-order valence-corrected chi connectivity index (χ0v) is 28.5. The number of alkyl halides is 2. The molecule has 3 heterocycles. The van der Waals surface area contributed by atoms with Gasteiger partial charge in [0.2, 0.25) is 11.8 Å². The molecule has 2 saturated heterocycles. The van der Waals surface area contributed by atoms with Crippen molar-refractivity contribution in [1.82, 2.24) is 15.1 Å². The van der Waals surface area contributed by atoms with Crippen LogP contribution in [0, 0.1) is 5.41 Å². The molecule has 5 rings (SSSR count). The van der Waals surface area contributed by atoms with Gasteiger partial charge in [0.05, 0.1) is 15.9 Å². The predicted octanol–water partition coefficient (Wildman–Crippen LogP) is 5.60. The van der Waals surface area contributed by atoms with Crippen LogP contribution in [0.15, 0.2) is 54.6 Å². The minimum atomic E-state index is -5.78. The zero-order valence-electron chi connectivity index (χ0n) is 26.0. The van der Waals surface area contributed by atoms with Gasteiger partial charge in [0.15, 0.2) is 0 Å². The Balaban J connectivity index is 1.34. The number of nitrogens with one attached hydrogen (secondary N) is 1.